The van der Waals surface area contributed by atoms with Crippen LogP contribution < -0.4 is 10.1 Å². The summed E-state index contributed by atoms with van der Waals surface area (Å²) in [5, 5.41) is 13.6. The van der Waals surface area contributed by atoms with Gasteiger partial charge in [0.25, 0.3) is 0 Å². The fraction of sp³-hybridized carbons (Fsp3) is 0.360. The first-order valence-electron chi connectivity index (χ1n) is 11.1. The number of phenolic OH excluding ortho intramolecular Hbond substituents is 1. The second-order valence-electron chi connectivity index (χ2n) is 7.45. The molecule has 1 amide bonds. The van der Waals surface area contributed by atoms with Crippen molar-refractivity contribution in [3.63, 3.8) is 0 Å². The number of phenols is 1. The van der Waals surface area contributed by atoms with Gasteiger partial charge in [-0.1, -0.05) is 32.0 Å². The Hall–Kier alpha value is -3.10. The van der Waals surface area contributed by atoms with E-state index in [4.69, 9.17) is 9.47 Å². The minimum Gasteiger partial charge on any atom is -0.508 e. The van der Waals surface area contributed by atoms with Crippen LogP contribution in [-0.2, 0) is 9.53 Å². The quantitative estimate of drug-likeness (QED) is 0.400. The molecule has 7 nitrogen and oxygen atoms in total. The monoisotopic (exact) mass is 470 g/mol. The molecule has 2 N–H and O–H groups in total. The lowest BCUT2D eigenvalue weighted by atomic mass is 10.0. The van der Waals surface area contributed by atoms with Gasteiger partial charge in [-0.25, -0.2) is 4.79 Å². The van der Waals surface area contributed by atoms with Crippen LogP contribution in [0, 0.1) is 0 Å². The van der Waals surface area contributed by atoms with Crippen LogP contribution in [0.25, 0.3) is 21.2 Å². The third kappa shape index (κ3) is 5.64. The van der Waals surface area contributed by atoms with E-state index in [1.807, 2.05) is 24.3 Å². The number of hydrogen-bond donors (Lipinski definition) is 2. The molecule has 0 spiro atoms. The average molecular weight is 471 g/mol. The number of benzene rings is 2. The van der Waals surface area contributed by atoms with Crippen molar-refractivity contribution < 1.29 is 24.2 Å². The standard InChI is InChI=1S/C25H30N2O5S/c1-5-27(6-2)14-15-32-22-19(17-8-10-18(29)11-9-17)12-13-20-21(25(30)31-7-3)24(26-16(4)28)33-23(20)22/h8-13,29H,5-7,14-15H2,1-4H3,(H,26,28). The Bertz CT molecular complexity index is 1120. The minimum atomic E-state index is -0.487. The molecular weight excluding hydrogens is 440 g/mol. The first-order chi connectivity index (χ1) is 15.9. The van der Waals surface area contributed by atoms with Gasteiger partial charge in [-0.15, -0.1) is 11.3 Å². The van der Waals surface area contributed by atoms with Crippen LogP contribution >= 0.6 is 11.3 Å². The molecule has 0 bridgehead atoms. The summed E-state index contributed by atoms with van der Waals surface area (Å²) in [6, 6.07) is 10.6. The van der Waals surface area contributed by atoms with Crippen molar-refractivity contribution >= 4 is 38.3 Å². The van der Waals surface area contributed by atoms with E-state index in [2.05, 4.69) is 24.1 Å². The molecule has 0 fully saturated rings. The molecule has 3 aromatic rings. The second-order valence-corrected chi connectivity index (χ2v) is 8.47. The molecule has 0 aliphatic rings. The number of hydrogen-bond acceptors (Lipinski definition) is 7. The summed E-state index contributed by atoms with van der Waals surface area (Å²) in [4.78, 5) is 26.9. The van der Waals surface area contributed by atoms with Crippen LogP contribution in [0.1, 0.15) is 38.1 Å². The summed E-state index contributed by atoms with van der Waals surface area (Å²) in [6.07, 6.45) is 0. The Morgan fingerprint density at radius 1 is 1.06 bits per heavy atom. The minimum absolute atomic E-state index is 0.178. The first kappa shape index (κ1) is 24.5. The van der Waals surface area contributed by atoms with E-state index in [1.165, 1.54) is 18.3 Å². The van der Waals surface area contributed by atoms with E-state index in [0.717, 1.165) is 35.5 Å². The number of nitrogens with one attached hydrogen (secondary N) is 1. The third-order valence-corrected chi connectivity index (χ3v) is 6.43. The molecule has 0 unspecified atom stereocenters. The summed E-state index contributed by atoms with van der Waals surface area (Å²) in [6.45, 7) is 10.7. The molecule has 8 heteroatoms. The highest BCUT2D eigenvalue weighted by atomic mass is 32.1. The number of amides is 1. The van der Waals surface area contributed by atoms with E-state index < -0.39 is 5.97 Å². The van der Waals surface area contributed by atoms with Gasteiger partial charge in [0.15, 0.2) is 0 Å². The molecule has 0 saturated carbocycles. The van der Waals surface area contributed by atoms with E-state index in [9.17, 15) is 14.7 Å². The zero-order valence-corrected chi connectivity index (χ0v) is 20.3. The molecule has 0 radical (unpaired) electrons. The lowest BCUT2D eigenvalue weighted by molar-refractivity contribution is -0.114. The maximum atomic E-state index is 12.8. The van der Waals surface area contributed by atoms with Crippen LogP contribution in [-0.4, -0.2) is 54.7 Å². The maximum absolute atomic E-state index is 12.8. The number of fused-ring (bicyclic) bond motifs is 1. The molecule has 1 heterocycles. The Kier molecular flexibility index (Phi) is 8.30. The van der Waals surface area contributed by atoms with Crippen molar-refractivity contribution in [1.29, 1.82) is 0 Å². The van der Waals surface area contributed by atoms with Crippen LogP contribution in [0.4, 0.5) is 5.00 Å². The fourth-order valence-electron chi connectivity index (χ4n) is 3.62. The van der Waals surface area contributed by atoms with Crippen molar-refractivity contribution in [2.45, 2.75) is 27.7 Å². The molecule has 0 aliphatic carbocycles. The molecule has 3 rings (SSSR count). The lowest BCUT2D eigenvalue weighted by Gasteiger charge is -2.19. The Morgan fingerprint density at radius 3 is 2.36 bits per heavy atom. The second kappa shape index (κ2) is 11.2. The van der Waals surface area contributed by atoms with Crippen molar-refractivity contribution in [1.82, 2.24) is 4.90 Å². The predicted molar refractivity (Wildman–Crippen MR) is 132 cm³/mol. The van der Waals surface area contributed by atoms with Gasteiger partial charge in [-0.2, -0.15) is 0 Å². The maximum Gasteiger partial charge on any atom is 0.341 e. The number of likely N-dealkylation sites (N-methyl/N-ethyl adjacent to an activating group) is 1. The van der Waals surface area contributed by atoms with Gasteiger partial charge in [-0.05, 0) is 43.8 Å². The first-order valence-corrected chi connectivity index (χ1v) is 11.9. The van der Waals surface area contributed by atoms with Crippen LogP contribution in [0.15, 0.2) is 36.4 Å². The average Bonchev–Trinajstić information content (AvgIpc) is 3.15. The van der Waals surface area contributed by atoms with Crippen LogP contribution in [0.5, 0.6) is 11.5 Å². The van der Waals surface area contributed by atoms with Gasteiger partial charge >= 0.3 is 5.97 Å². The predicted octanol–water partition coefficient (Wildman–Crippen LogP) is 5.13. The van der Waals surface area contributed by atoms with E-state index in [0.29, 0.717) is 28.3 Å². The summed E-state index contributed by atoms with van der Waals surface area (Å²) in [7, 11) is 0. The van der Waals surface area contributed by atoms with Gasteiger partial charge in [-0.3, -0.25) is 4.79 Å². The molecular formula is C25H30N2O5S. The van der Waals surface area contributed by atoms with E-state index in [1.54, 1.807) is 19.1 Å². The number of thiophene rings is 1. The fourth-order valence-corrected chi connectivity index (χ4v) is 4.85. The Labute approximate surface area is 197 Å². The van der Waals surface area contributed by atoms with E-state index >= 15 is 0 Å². The van der Waals surface area contributed by atoms with E-state index in [-0.39, 0.29) is 18.3 Å². The number of esters is 1. The lowest BCUT2D eigenvalue weighted by Crippen LogP contribution is -2.28. The van der Waals surface area contributed by atoms with Gasteiger partial charge in [0.1, 0.15) is 28.7 Å². The number of anilines is 1. The SMILES string of the molecule is CCOC(=O)c1c(NC(C)=O)sc2c(OCCN(CC)CC)c(-c3ccc(O)cc3)ccc12. The zero-order chi connectivity index (χ0) is 24.0. The number of ether oxygens (including phenoxy) is 2. The molecule has 176 valence electrons. The van der Waals surface area contributed by atoms with Crippen LogP contribution in [0.2, 0.25) is 0 Å². The molecule has 33 heavy (non-hydrogen) atoms. The van der Waals surface area contributed by atoms with Gasteiger partial charge in [0.05, 0.1) is 11.3 Å². The Morgan fingerprint density at radius 2 is 1.76 bits per heavy atom. The smallest absolute Gasteiger partial charge is 0.341 e. The number of carbonyl (C=O) groups is 2. The molecule has 1 aromatic heterocycles. The molecule has 0 atom stereocenters. The number of carbonyl (C=O) groups excluding carboxylic acids is 2. The van der Waals surface area contributed by atoms with Gasteiger partial charge in [0, 0.05) is 24.4 Å². The van der Waals surface area contributed by atoms with Crippen molar-refractivity contribution in [2.24, 2.45) is 0 Å². The van der Waals surface area contributed by atoms with Crippen molar-refractivity contribution in [2.75, 3.05) is 38.2 Å². The summed E-state index contributed by atoms with van der Waals surface area (Å²) >= 11 is 1.29. The molecule has 2 aromatic carbocycles. The summed E-state index contributed by atoms with van der Waals surface area (Å²) in [5.41, 5.74) is 2.05. The number of aromatic hydroxyl groups is 1. The van der Waals surface area contributed by atoms with Crippen molar-refractivity contribution in [3.05, 3.63) is 42.0 Å². The molecule has 0 saturated heterocycles. The number of rotatable bonds is 10. The Balaban J connectivity index is 2.16. The highest BCUT2D eigenvalue weighted by Gasteiger charge is 2.25. The third-order valence-electron chi connectivity index (χ3n) is 5.31. The summed E-state index contributed by atoms with van der Waals surface area (Å²) < 4.78 is 12.3. The summed E-state index contributed by atoms with van der Waals surface area (Å²) in [5.74, 6) is 0.0591. The highest BCUT2D eigenvalue weighted by molar-refractivity contribution is 7.24. The van der Waals surface area contributed by atoms with Gasteiger partial charge < -0.3 is 24.8 Å². The van der Waals surface area contributed by atoms with Crippen LogP contribution in [0.3, 0.4) is 0 Å². The number of nitrogens with zero attached hydrogens (tertiary/aromatic N) is 1. The topological polar surface area (TPSA) is 88.1 Å². The zero-order valence-electron chi connectivity index (χ0n) is 19.4. The molecule has 0 aliphatic heterocycles. The normalized spacial score (nSPS) is 11.1. The largest absolute Gasteiger partial charge is 0.508 e. The highest BCUT2D eigenvalue weighted by Crippen LogP contribution is 2.46. The van der Waals surface area contributed by atoms with Crippen molar-refractivity contribution in [3.8, 4) is 22.6 Å². The van der Waals surface area contributed by atoms with Gasteiger partial charge in [0.2, 0.25) is 5.91 Å².